The number of nitrogens with one attached hydrogen (secondary N) is 1. The first-order chi connectivity index (χ1) is 13.0. The number of furan rings is 1. The van der Waals surface area contributed by atoms with Crippen LogP contribution in [-0.4, -0.2) is 27.4 Å². The highest BCUT2D eigenvalue weighted by Gasteiger charge is 2.17. The predicted octanol–water partition coefficient (Wildman–Crippen LogP) is 3.52. The summed E-state index contributed by atoms with van der Waals surface area (Å²) in [5, 5.41) is 10.1. The molecule has 140 valence electrons. The number of hydrogen-bond acceptors (Lipinski definition) is 5. The van der Waals surface area contributed by atoms with Gasteiger partial charge in [-0.1, -0.05) is 12.1 Å². The molecule has 27 heavy (non-hydrogen) atoms. The van der Waals surface area contributed by atoms with E-state index in [-0.39, 0.29) is 27.9 Å². The van der Waals surface area contributed by atoms with Crippen LogP contribution >= 0.6 is 12.2 Å². The van der Waals surface area contributed by atoms with Gasteiger partial charge in [0, 0.05) is 25.7 Å². The van der Waals surface area contributed by atoms with Crippen LogP contribution in [0.25, 0.3) is 0 Å². The molecule has 3 rings (SSSR count). The van der Waals surface area contributed by atoms with Crippen LogP contribution in [0.2, 0.25) is 0 Å². The molecule has 0 saturated carbocycles. The number of benzene rings is 1. The van der Waals surface area contributed by atoms with E-state index in [4.69, 9.17) is 16.6 Å². The van der Waals surface area contributed by atoms with Gasteiger partial charge in [0.2, 0.25) is 5.88 Å². The number of halogens is 1. The van der Waals surface area contributed by atoms with Gasteiger partial charge in [0.1, 0.15) is 17.1 Å². The molecule has 0 bridgehead atoms. The van der Waals surface area contributed by atoms with E-state index >= 15 is 0 Å². The highest BCUT2D eigenvalue weighted by molar-refractivity contribution is 7.71. The second kappa shape index (κ2) is 8.13. The smallest absolute Gasteiger partial charge is 0.264 e. The van der Waals surface area contributed by atoms with Crippen LogP contribution in [0.5, 0.6) is 5.88 Å². The van der Waals surface area contributed by atoms with Gasteiger partial charge in [0.15, 0.2) is 4.77 Å². The van der Waals surface area contributed by atoms with E-state index in [1.807, 2.05) is 6.07 Å². The Labute approximate surface area is 159 Å². The summed E-state index contributed by atoms with van der Waals surface area (Å²) in [7, 11) is 1.55. The lowest BCUT2D eigenvalue weighted by molar-refractivity contribution is 0.420. The van der Waals surface area contributed by atoms with E-state index < -0.39 is 5.56 Å². The molecule has 2 aromatic heterocycles. The maximum atomic E-state index is 13.2. The first kappa shape index (κ1) is 18.8. The first-order valence-corrected chi connectivity index (χ1v) is 8.69. The zero-order valence-electron chi connectivity index (χ0n) is 14.6. The Hall–Kier alpha value is -3.00. The van der Waals surface area contributed by atoms with E-state index in [1.54, 1.807) is 31.5 Å². The zero-order valence-corrected chi connectivity index (χ0v) is 15.4. The number of H-pyrrole nitrogens is 1. The Morgan fingerprint density at radius 1 is 1.37 bits per heavy atom. The fourth-order valence-electron chi connectivity index (χ4n) is 2.76. The number of aliphatic imine (C=N–C) groups is 1. The quantitative estimate of drug-likeness (QED) is 0.501. The molecule has 3 aromatic rings. The summed E-state index contributed by atoms with van der Waals surface area (Å²) in [6, 6.07) is 9.89. The maximum absolute atomic E-state index is 13.2. The lowest BCUT2D eigenvalue weighted by Crippen LogP contribution is -2.17. The van der Waals surface area contributed by atoms with Gasteiger partial charge in [-0.2, -0.15) is 0 Å². The number of rotatable bonds is 6. The van der Waals surface area contributed by atoms with Crippen LogP contribution in [0, 0.1) is 10.6 Å². The summed E-state index contributed by atoms with van der Waals surface area (Å²) in [4.78, 5) is 18.7. The van der Waals surface area contributed by atoms with Crippen molar-refractivity contribution in [1.29, 1.82) is 0 Å². The number of nitrogens with zero attached hydrogens (tertiary/aromatic N) is 2. The average molecular weight is 387 g/mol. The van der Waals surface area contributed by atoms with Crippen LogP contribution in [-0.2, 0) is 7.05 Å². The van der Waals surface area contributed by atoms with Crippen LogP contribution < -0.4 is 5.56 Å². The third-order valence-corrected chi connectivity index (χ3v) is 4.63. The summed E-state index contributed by atoms with van der Waals surface area (Å²) < 4.78 is 20.1. The van der Waals surface area contributed by atoms with E-state index in [0.717, 1.165) is 11.3 Å². The SMILES string of the molecule is Cn1c(O)c(C=NCC[C@@H](c2ccc(F)cc2)c2ccco2)c(=O)[nH]c1=S. The molecule has 2 heterocycles. The molecule has 0 aliphatic carbocycles. The molecule has 8 heteroatoms. The van der Waals surface area contributed by atoms with Crippen molar-refractivity contribution in [2.75, 3.05) is 6.54 Å². The van der Waals surface area contributed by atoms with Crippen molar-refractivity contribution in [3.8, 4) is 5.88 Å². The molecule has 0 spiro atoms. The minimum atomic E-state index is -0.500. The third-order valence-electron chi connectivity index (χ3n) is 4.25. The highest BCUT2D eigenvalue weighted by Crippen LogP contribution is 2.28. The lowest BCUT2D eigenvalue weighted by atomic mass is 9.93. The first-order valence-electron chi connectivity index (χ1n) is 8.28. The van der Waals surface area contributed by atoms with Crippen molar-refractivity contribution < 1.29 is 13.9 Å². The van der Waals surface area contributed by atoms with Gasteiger partial charge in [-0.3, -0.25) is 19.3 Å². The van der Waals surface area contributed by atoms with Gasteiger partial charge in [0.05, 0.1) is 6.26 Å². The summed E-state index contributed by atoms with van der Waals surface area (Å²) in [6.45, 7) is 0.376. The largest absolute Gasteiger partial charge is 0.494 e. The second-order valence-electron chi connectivity index (χ2n) is 6.00. The Morgan fingerprint density at radius 3 is 2.78 bits per heavy atom. The molecule has 0 aliphatic heterocycles. The number of aromatic amines is 1. The predicted molar refractivity (Wildman–Crippen MR) is 103 cm³/mol. The van der Waals surface area contributed by atoms with Crippen molar-refractivity contribution in [3.63, 3.8) is 0 Å². The van der Waals surface area contributed by atoms with Gasteiger partial charge in [0.25, 0.3) is 5.56 Å². The van der Waals surface area contributed by atoms with Crippen molar-refractivity contribution in [1.82, 2.24) is 9.55 Å². The summed E-state index contributed by atoms with van der Waals surface area (Å²) in [6.07, 6.45) is 3.50. The third kappa shape index (κ3) is 4.22. The summed E-state index contributed by atoms with van der Waals surface area (Å²) >= 11 is 4.93. The highest BCUT2D eigenvalue weighted by atomic mass is 32.1. The molecule has 0 saturated heterocycles. The van der Waals surface area contributed by atoms with Gasteiger partial charge in [-0.25, -0.2) is 4.39 Å². The molecular weight excluding hydrogens is 369 g/mol. The molecule has 0 unspecified atom stereocenters. The lowest BCUT2D eigenvalue weighted by Gasteiger charge is -2.14. The fraction of sp³-hybridized carbons (Fsp3) is 0.211. The molecule has 0 amide bonds. The van der Waals surface area contributed by atoms with E-state index in [2.05, 4.69) is 9.98 Å². The molecule has 0 radical (unpaired) electrons. The van der Waals surface area contributed by atoms with Crippen LogP contribution in [0.15, 0.2) is 56.9 Å². The van der Waals surface area contributed by atoms with E-state index in [1.165, 1.54) is 22.9 Å². The molecule has 2 N–H and O–H groups in total. The normalized spacial score (nSPS) is 12.5. The number of hydrogen-bond donors (Lipinski definition) is 2. The molecule has 0 aliphatic rings. The fourth-order valence-corrected chi connectivity index (χ4v) is 2.94. The van der Waals surface area contributed by atoms with Crippen LogP contribution in [0.1, 0.15) is 29.2 Å². The number of aromatic hydroxyl groups is 1. The van der Waals surface area contributed by atoms with E-state index in [0.29, 0.717) is 13.0 Å². The van der Waals surface area contributed by atoms with Crippen molar-refractivity contribution in [2.24, 2.45) is 12.0 Å². The van der Waals surface area contributed by atoms with Gasteiger partial charge in [-0.05, 0) is 48.5 Å². The Bertz CT molecular complexity index is 1050. The van der Waals surface area contributed by atoms with Crippen molar-refractivity contribution in [3.05, 3.63) is 80.5 Å². The van der Waals surface area contributed by atoms with Gasteiger partial charge >= 0.3 is 0 Å². The minimum Gasteiger partial charge on any atom is -0.494 e. The monoisotopic (exact) mass is 387 g/mol. The average Bonchev–Trinajstić information content (AvgIpc) is 3.17. The second-order valence-corrected chi connectivity index (χ2v) is 6.39. The van der Waals surface area contributed by atoms with E-state index in [9.17, 15) is 14.3 Å². The maximum Gasteiger partial charge on any atom is 0.264 e. The zero-order chi connectivity index (χ0) is 19.4. The van der Waals surface area contributed by atoms with Gasteiger partial charge < -0.3 is 9.52 Å². The molecule has 1 aromatic carbocycles. The van der Waals surface area contributed by atoms with Crippen molar-refractivity contribution >= 4 is 18.4 Å². The van der Waals surface area contributed by atoms with Crippen LogP contribution in [0.4, 0.5) is 4.39 Å². The Balaban J connectivity index is 1.78. The van der Waals surface area contributed by atoms with Gasteiger partial charge in [-0.15, -0.1) is 0 Å². The molecule has 1 atom stereocenters. The Kier molecular flexibility index (Phi) is 5.66. The summed E-state index contributed by atoms with van der Waals surface area (Å²) in [5.74, 6) is 0.103. The molecular formula is C19H18FN3O3S. The Morgan fingerprint density at radius 2 is 2.11 bits per heavy atom. The summed E-state index contributed by atoms with van der Waals surface area (Å²) in [5.41, 5.74) is 0.451. The topological polar surface area (TPSA) is 83.5 Å². The number of aromatic nitrogens is 2. The van der Waals surface area contributed by atoms with Crippen LogP contribution in [0.3, 0.4) is 0 Å². The minimum absolute atomic E-state index is 0.0439. The molecule has 6 nitrogen and oxygen atoms in total. The molecule has 0 fully saturated rings. The standard InChI is InChI=1S/C19H18FN3O3S/c1-23-18(25)15(17(24)22-19(23)27)11-21-9-8-14(16-3-2-10-26-16)12-4-6-13(20)7-5-12/h2-7,10-11,14,25H,8-9H2,1H3,(H,22,24,27)/t14-/m0/s1. The van der Waals surface area contributed by atoms with Crippen molar-refractivity contribution in [2.45, 2.75) is 12.3 Å².